The van der Waals surface area contributed by atoms with Crippen LogP contribution >= 0.6 is 23.2 Å². The molecule has 0 radical (unpaired) electrons. The summed E-state index contributed by atoms with van der Waals surface area (Å²) in [6.07, 6.45) is 4.94. The van der Waals surface area contributed by atoms with Crippen molar-refractivity contribution in [3.05, 3.63) is 188 Å². The molecule has 0 saturated heterocycles. The molecule has 20 heteroatoms. The Morgan fingerprint density at radius 1 is 0.471 bits per heavy atom. The normalized spacial score (nSPS) is 12.7. The second-order valence-electron chi connectivity index (χ2n) is 20.4. The third-order valence-electron chi connectivity index (χ3n) is 14.7. The summed E-state index contributed by atoms with van der Waals surface area (Å²) in [6.45, 7) is 9.80. The molecular weight excluding hydrogens is 1160 g/mol. The number of esters is 2. The van der Waals surface area contributed by atoms with Crippen LogP contribution in [0.5, 0.6) is 34.5 Å². The van der Waals surface area contributed by atoms with Crippen LogP contribution in [0.1, 0.15) is 100 Å². The highest BCUT2D eigenvalue weighted by molar-refractivity contribution is 6.31. The first-order valence-corrected chi connectivity index (χ1v) is 28.1. The number of allylic oxidation sites excluding steroid dienone is 2. The Balaban J connectivity index is 0.839. The summed E-state index contributed by atoms with van der Waals surface area (Å²) in [5.74, 6) is -4.50. The number of carbonyl (C=O) groups excluding carboxylic acids is 8. The number of amides is 2. The zero-order valence-corrected chi connectivity index (χ0v) is 50.8. The fraction of sp³-hybridized carbons (Fsp3) is 0.224. The van der Waals surface area contributed by atoms with Crippen LogP contribution in [0.25, 0.3) is 34.0 Å². The van der Waals surface area contributed by atoms with Crippen LogP contribution in [0.3, 0.4) is 0 Å². The number of rotatable bonds is 22. The van der Waals surface area contributed by atoms with Gasteiger partial charge < -0.3 is 39.1 Å². The lowest BCUT2D eigenvalue weighted by Gasteiger charge is -2.18. The molecule has 2 unspecified atom stereocenters. The van der Waals surface area contributed by atoms with Crippen LogP contribution in [-0.2, 0) is 28.8 Å². The van der Waals surface area contributed by atoms with Gasteiger partial charge in [0.1, 0.15) is 23.6 Å². The van der Waals surface area contributed by atoms with Gasteiger partial charge in [0.25, 0.3) is 11.8 Å². The molecule has 6 aromatic carbocycles. The number of fused-ring (bicyclic) bond motifs is 2. The van der Waals surface area contributed by atoms with Crippen molar-refractivity contribution in [3.8, 4) is 34.5 Å². The molecule has 448 valence electrons. The smallest absolute Gasteiger partial charge is 0.333 e. The fourth-order valence-corrected chi connectivity index (χ4v) is 10.3. The maximum absolute atomic E-state index is 13.9. The van der Waals surface area contributed by atoms with Gasteiger partial charge in [-0.25, -0.2) is 9.59 Å². The number of methoxy groups -OCH3 is 4. The molecule has 2 N–H and O–H groups in total. The van der Waals surface area contributed by atoms with Crippen LogP contribution in [-0.4, -0.2) is 96.8 Å². The van der Waals surface area contributed by atoms with Crippen molar-refractivity contribution in [1.82, 2.24) is 19.8 Å². The van der Waals surface area contributed by atoms with Crippen LogP contribution in [0.15, 0.2) is 133 Å². The first-order chi connectivity index (χ1) is 41.5. The molecule has 0 fully saturated rings. The zero-order chi connectivity index (χ0) is 63.0. The Morgan fingerprint density at radius 2 is 0.839 bits per heavy atom. The van der Waals surface area contributed by atoms with E-state index in [4.69, 9.17) is 51.6 Å². The van der Waals surface area contributed by atoms with Crippen molar-refractivity contribution < 1.29 is 66.8 Å². The minimum absolute atomic E-state index is 0.0423. The SMILES string of the molecule is COc1ccc2c(c1)c(C(C)C(=O)N[C@@H](C)C(=O)Oc1ccc(/C=C/C(=O)CC(=O)/C=C/c3ccc(OC(=O)[C@H](C)NC(=O)C(C)c4c(C)n(C(=O)c5ccc(Cl)cc5)c5ccc(OC)cc45)c(OC)c3)cc1OC)c(C)n2C(=O)c1ccc(Cl)cc1. The van der Waals surface area contributed by atoms with E-state index < -0.39 is 65.7 Å². The zero-order valence-electron chi connectivity index (χ0n) is 49.2. The van der Waals surface area contributed by atoms with Crippen molar-refractivity contribution in [1.29, 1.82) is 0 Å². The summed E-state index contributed by atoms with van der Waals surface area (Å²) in [5, 5.41) is 7.66. The molecular formula is C67H62Cl2N4O14. The number of hydrogen-bond donors (Lipinski definition) is 2. The molecule has 8 aromatic rings. The van der Waals surface area contributed by atoms with Gasteiger partial charge in [0.2, 0.25) is 11.8 Å². The highest BCUT2D eigenvalue weighted by atomic mass is 35.5. The molecule has 4 atom stereocenters. The number of ketones is 2. The minimum Gasteiger partial charge on any atom is -0.497 e. The van der Waals surface area contributed by atoms with Crippen molar-refractivity contribution in [3.63, 3.8) is 0 Å². The van der Waals surface area contributed by atoms with Gasteiger partial charge in [-0.1, -0.05) is 47.5 Å². The van der Waals surface area contributed by atoms with E-state index in [2.05, 4.69) is 10.6 Å². The quantitative estimate of drug-likeness (QED) is 0.0279. The first-order valence-electron chi connectivity index (χ1n) is 27.4. The molecule has 0 spiro atoms. The third kappa shape index (κ3) is 14.2. The van der Waals surface area contributed by atoms with Gasteiger partial charge in [-0.15, -0.1) is 0 Å². The average Bonchev–Trinajstić information content (AvgIpc) is 1.66. The van der Waals surface area contributed by atoms with Gasteiger partial charge >= 0.3 is 11.9 Å². The van der Waals surface area contributed by atoms with Crippen LogP contribution < -0.4 is 39.1 Å². The second kappa shape index (κ2) is 27.5. The van der Waals surface area contributed by atoms with E-state index in [9.17, 15) is 38.4 Å². The Bertz CT molecular complexity index is 3820. The number of hydrogen-bond acceptors (Lipinski definition) is 14. The topological polar surface area (TPSA) is 226 Å². The van der Waals surface area contributed by atoms with Gasteiger partial charge in [0.15, 0.2) is 34.6 Å². The van der Waals surface area contributed by atoms with Gasteiger partial charge in [-0.2, -0.15) is 0 Å². The second-order valence-corrected chi connectivity index (χ2v) is 21.3. The maximum atomic E-state index is 13.9. The van der Waals surface area contributed by atoms with Crippen molar-refractivity contribution in [2.24, 2.45) is 0 Å². The number of nitrogens with one attached hydrogen (secondary N) is 2. The standard InChI is InChI=1S/C67H62Cl2N4O14/c1-36(60-40(5)72(54-27-25-50(82-7)34-52(54)60)64(78)44-15-19-46(68)20-16-44)62(76)70-38(3)66(80)86-56-29-13-42(31-58(56)84-9)11-23-48(74)33-49(75)24-12-43-14-30-57(59(32-43)85-10)87-67(81)39(4)71-63(77)37(2)61-41(6)73(55-28-26-51(83-8)35-53(55)61)65(79)45-17-21-47(69)22-18-45/h11-32,34-39H,33H2,1-10H3,(H,70,76)(H,71,77)/b23-11+,24-12+/t36?,37?,38-,39-/m0/s1. The first kappa shape index (κ1) is 63.2. The molecule has 0 aliphatic carbocycles. The third-order valence-corrected chi connectivity index (χ3v) is 15.2. The number of ether oxygens (including phenoxy) is 6. The molecule has 87 heavy (non-hydrogen) atoms. The Hall–Kier alpha value is -9.78. The molecule has 8 rings (SSSR count). The van der Waals surface area contributed by atoms with Crippen LogP contribution in [0.2, 0.25) is 10.0 Å². The average molecular weight is 1220 g/mol. The molecule has 0 aliphatic rings. The number of aromatic nitrogens is 2. The van der Waals surface area contributed by atoms with Gasteiger partial charge in [-0.3, -0.25) is 37.9 Å². The molecule has 0 bridgehead atoms. The predicted molar refractivity (Wildman–Crippen MR) is 331 cm³/mol. The molecule has 0 aliphatic heterocycles. The van der Waals surface area contributed by atoms with Gasteiger partial charge in [-0.05, 0) is 185 Å². The summed E-state index contributed by atoms with van der Waals surface area (Å²) < 4.78 is 36.3. The lowest BCUT2D eigenvalue weighted by molar-refractivity contribution is -0.139. The molecule has 2 heterocycles. The Labute approximate surface area is 511 Å². The van der Waals surface area contributed by atoms with E-state index in [1.165, 1.54) is 100.0 Å². The summed E-state index contributed by atoms with van der Waals surface area (Å²) in [6, 6.07) is 30.3. The van der Waals surface area contributed by atoms with Crippen molar-refractivity contribution >= 4 is 104 Å². The van der Waals surface area contributed by atoms with E-state index in [0.29, 0.717) is 88.1 Å². The van der Waals surface area contributed by atoms with E-state index in [1.54, 1.807) is 125 Å². The highest BCUT2D eigenvalue weighted by Crippen LogP contribution is 2.38. The predicted octanol–water partition coefficient (Wildman–Crippen LogP) is 11.6. The summed E-state index contributed by atoms with van der Waals surface area (Å²) >= 11 is 12.2. The largest absolute Gasteiger partial charge is 0.497 e. The van der Waals surface area contributed by atoms with E-state index in [-0.39, 0.29) is 34.8 Å². The van der Waals surface area contributed by atoms with Crippen molar-refractivity contribution in [2.75, 3.05) is 28.4 Å². The monoisotopic (exact) mass is 1220 g/mol. The lowest BCUT2D eigenvalue weighted by atomic mass is 9.96. The maximum Gasteiger partial charge on any atom is 0.333 e. The molecule has 2 amide bonds. The number of carbonyl (C=O) groups is 8. The summed E-state index contributed by atoms with van der Waals surface area (Å²) in [5.41, 5.74) is 5.06. The molecule has 2 aromatic heterocycles. The van der Waals surface area contributed by atoms with Crippen LogP contribution in [0, 0.1) is 13.8 Å². The van der Waals surface area contributed by atoms with Gasteiger partial charge in [0.05, 0.1) is 57.7 Å². The molecule has 18 nitrogen and oxygen atoms in total. The highest BCUT2D eigenvalue weighted by Gasteiger charge is 2.32. The van der Waals surface area contributed by atoms with E-state index >= 15 is 0 Å². The number of benzene rings is 6. The summed E-state index contributed by atoms with van der Waals surface area (Å²) in [7, 11) is 5.77. The Kier molecular flexibility index (Phi) is 20.0. The molecule has 0 saturated carbocycles. The lowest BCUT2D eigenvalue weighted by Crippen LogP contribution is -2.42. The minimum atomic E-state index is -1.13. The van der Waals surface area contributed by atoms with Crippen LogP contribution in [0.4, 0.5) is 0 Å². The van der Waals surface area contributed by atoms with E-state index in [1.807, 2.05) is 0 Å². The van der Waals surface area contributed by atoms with Crippen molar-refractivity contribution in [2.45, 2.75) is 71.9 Å². The van der Waals surface area contributed by atoms with E-state index in [0.717, 1.165) is 0 Å². The number of nitrogens with zero attached hydrogens (tertiary/aromatic N) is 2. The van der Waals surface area contributed by atoms with Gasteiger partial charge in [0, 0.05) is 43.3 Å². The Morgan fingerprint density at radius 3 is 1.18 bits per heavy atom. The number of halogens is 2. The summed E-state index contributed by atoms with van der Waals surface area (Å²) in [4.78, 5) is 108. The fourth-order valence-electron chi connectivity index (χ4n) is 10.0.